The Labute approximate surface area is 100 Å². The van der Waals surface area contributed by atoms with E-state index in [1.165, 1.54) is 6.08 Å². The summed E-state index contributed by atoms with van der Waals surface area (Å²) < 4.78 is 0.698. The highest BCUT2D eigenvalue weighted by molar-refractivity contribution is 9.10. The summed E-state index contributed by atoms with van der Waals surface area (Å²) in [6.07, 6.45) is 1.41. The van der Waals surface area contributed by atoms with Gasteiger partial charge in [0, 0.05) is 9.50 Å². The average Bonchev–Trinajstić information content (AvgIpc) is 2.16. The Hall–Kier alpha value is -1.31. The van der Waals surface area contributed by atoms with Crippen LogP contribution in [-0.4, -0.2) is 5.91 Å². The van der Waals surface area contributed by atoms with E-state index < -0.39 is 5.91 Å². The molecule has 0 atom stereocenters. The summed E-state index contributed by atoms with van der Waals surface area (Å²) in [5, 5.41) is 9.21. The lowest BCUT2D eigenvalue weighted by Crippen LogP contribution is -2.12. The van der Waals surface area contributed by atoms with E-state index in [0.29, 0.717) is 15.1 Å². The summed E-state index contributed by atoms with van der Waals surface area (Å²) in [6.45, 7) is 0. The maximum Gasteiger partial charge on any atom is 0.259 e. The van der Waals surface area contributed by atoms with Crippen molar-refractivity contribution in [3.63, 3.8) is 0 Å². The lowest BCUT2D eigenvalue weighted by atomic mass is 10.1. The Kier molecular flexibility index (Phi) is 3.89. The van der Waals surface area contributed by atoms with E-state index in [2.05, 4.69) is 15.9 Å². The SMILES string of the molecule is N#C/C(=C\c1ccc(Cl)cc1Br)C(N)=O. The second-order valence-electron chi connectivity index (χ2n) is 2.70. The van der Waals surface area contributed by atoms with Crippen LogP contribution in [0.3, 0.4) is 0 Å². The highest BCUT2D eigenvalue weighted by Crippen LogP contribution is 2.23. The van der Waals surface area contributed by atoms with Crippen molar-refractivity contribution in [2.75, 3.05) is 0 Å². The quantitative estimate of drug-likeness (QED) is 0.670. The molecule has 0 bridgehead atoms. The first-order chi connectivity index (χ1) is 7.04. The number of benzene rings is 1. The molecule has 0 aromatic heterocycles. The van der Waals surface area contributed by atoms with E-state index in [0.717, 1.165) is 0 Å². The third-order valence-corrected chi connectivity index (χ3v) is 2.57. The van der Waals surface area contributed by atoms with Crippen LogP contribution >= 0.6 is 27.5 Å². The van der Waals surface area contributed by atoms with Gasteiger partial charge in [0.25, 0.3) is 5.91 Å². The van der Waals surface area contributed by atoms with Crippen LogP contribution in [0.4, 0.5) is 0 Å². The number of nitrogens with two attached hydrogens (primary N) is 1. The Morgan fingerprint density at radius 1 is 1.60 bits per heavy atom. The van der Waals surface area contributed by atoms with Gasteiger partial charge in [-0.05, 0) is 23.8 Å². The molecule has 0 saturated carbocycles. The van der Waals surface area contributed by atoms with Crippen LogP contribution < -0.4 is 5.73 Å². The van der Waals surface area contributed by atoms with Crippen molar-refractivity contribution >= 4 is 39.5 Å². The lowest BCUT2D eigenvalue weighted by molar-refractivity contribution is -0.114. The van der Waals surface area contributed by atoms with Gasteiger partial charge in [0.05, 0.1) is 0 Å². The van der Waals surface area contributed by atoms with Crippen molar-refractivity contribution in [3.8, 4) is 6.07 Å². The molecule has 1 aromatic carbocycles. The zero-order chi connectivity index (χ0) is 11.4. The number of amides is 1. The van der Waals surface area contributed by atoms with Crippen LogP contribution in [0.1, 0.15) is 5.56 Å². The summed E-state index contributed by atoms with van der Waals surface area (Å²) in [7, 11) is 0. The number of rotatable bonds is 2. The molecule has 3 nitrogen and oxygen atoms in total. The summed E-state index contributed by atoms with van der Waals surface area (Å²) >= 11 is 9.01. The number of halogens is 2. The maximum atomic E-state index is 10.8. The summed E-state index contributed by atoms with van der Waals surface area (Å²) in [5.74, 6) is -0.751. The van der Waals surface area contributed by atoms with Crippen LogP contribution in [0.15, 0.2) is 28.2 Å². The van der Waals surface area contributed by atoms with Crippen LogP contribution in [0.2, 0.25) is 5.02 Å². The predicted octanol–water partition coefficient (Wildman–Crippen LogP) is 2.49. The van der Waals surface area contributed by atoms with Gasteiger partial charge in [-0.3, -0.25) is 4.79 Å². The maximum absolute atomic E-state index is 10.8. The number of hydrogen-bond donors (Lipinski definition) is 1. The third-order valence-electron chi connectivity index (χ3n) is 1.65. The zero-order valence-corrected chi connectivity index (χ0v) is 9.84. The summed E-state index contributed by atoms with van der Waals surface area (Å²) in [6, 6.07) is 6.74. The number of primary amides is 1. The molecule has 0 spiro atoms. The molecule has 0 unspecified atom stereocenters. The lowest BCUT2D eigenvalue weighted by Gasteiger charge is -1.99. The van der Waals surface area contributed by atoms with Crippen LogP contribution in [0.25, 0.3) is 6.08 Å². The molecule has 0 saturated heterocycles. The van der Waals surface area contributed by atoms with Gasteiger partial charge in [0.2, 0.25) is 0 Å². The fourth-order valence-electron chi connectivity index (χ4n) is 0.933. The minimum absolute atomic E-state index is 0.0991. The molecule has 0 aliphatic rings. The topological polar surface area (TPSA) is 66.9 Å². The number of nitriles is 1. The van der Waals surface area contributed by atoms with Gasteiger partial charge in [-0.15, -0.1) is 0 Å². The summed E-state index contributed by atoms with van der Waals surface area (Å²) in [4.78, 5) is 10.8. The van der Waals surface area contributed by atoms with Gasteiger partial charge < -0.3 is 5.73 Å². The highest BCUT2D eigenvalue weighted by Gasteiger charge is 2.05. The Bertz CT molecular complexity index is 477. The van der Waals surface area contributed by atoms with E-state index in [9.17, 15) is 4.79 Å². The molecule has 0 fully saturated rings. The molecule has 1 aromatic rings. The molecular formula is C10H6BrClN2O. The number of carbonyl (C=O) groups excluding carboxylic acids is 1. The Morgan fingerprint density at radius 2 is 2.27 bits per heavy atom. The van der Waals surface area contributed by atoms with Crippen LogP contribution in [0, 0.1) is 11.3 Å². The summed E-state index contributed by atoms with van der Waals surface area (Å²) in [5.41, 5.74) is 5.58. The minimum Gasteiger partial charge on any atom is -0.365 e. The second kappa shape index (κ2) is 4.96. The molecule has 76 valence electrons. The van der Waals surface area contributed by atoms with Crippen LogP contribution in [0.5, 0.6) is 0 Å². The molecule has 0 heterocycles. The largest absolute Gasteiger partial charge is 0.365 e. The monoisotopic (exact) mass is 284 g/mol. The molecule has 5 heteroatoms. The molecule has 1 rings (SSSR count). The zero-order valence-electron chi connectivity index (χ0n) is 7.50. The first-order valence-corrected chi connectivity index (χ1v) is 5.08. The fourth-order valence-corrected chi connectivity index (χ4v) is 1.73. The van der Waals surface area contributed by atoms with E-state index in [-0.39, 0.29) is 5.57 Å². The molecule has 15 heavy (non-hydrogen) atoms. The molecule has 1 amide bonds. The molecule has 0 aliphatic carbocycles. The van der Waals surface area contributed by atoms with Crippen molar-refractivity contribution in [1.82, 2.24) is 0 Å². The van der Waals surface area contributed by atoms with Gasteiger partial charge in [-0.25, -0.2) is 0 Å². The van der Waals surface area contributed by atoms with Gasteiger partial charge >= 0.3 is 0 Å². The molecule has 0 aliphatic heterocycles. The second-order valence-corrected chi connectivity index (χ2v) is 3.99. The van der Waals surface area contributed by atoms with Crippen molar-refractivity contribution in [3.05, 3.63) is 38.8 Å². The third kappa shape index (κ3) is 3.08. The van der Waals surface area contributed by atoms with E-state index in [4.69, 9.17) is 22.6 Å². The Balaban J connectivity index is 3.19. The number of hydrogen-bond acceptors (Lipinski definition) is 2. The van der Waals surface area contributed by atoms with Crippen molar-refractivity contribution in [2.45, 2.75) is 0 Å². The minimum atomic E-state index is -0.751. The number of carbonyl (C=O) groups is 1. The molecular weight excluding hydrogens is 279 g/mol. The Morgan fingerprint density at radius 3 is 2.73 bits per heavy atom. The van der Waals surface area contributed by atoms with Crippen molar-refractivity contribution in [2.24, 2.45) is 5.73 Å². The average molecular weight is 286 g/mol. The van der Waals surface area contributed by atoms with Crippen molar-refractivity contribution < 1.29 is 4.79 Å². The normalized spacial score (nSPS) is 10.9. The van der Waals surface area contributed by atoms with E-state index in [1.54, 1.807) is 24.3 Å². The number of nitrogens with zero attached hydrogens (tertiary/aromatic N) is 1. The highest BCUT2D eigenvalue weighted by atomic mass is 79.9. The van der Waals surface area contributed by atoms with E-state index in [1.807, 2.05) is 0 Å². The smallest absolute Gasteiger partial charge is 0.259 e. The van der Waals surface area contributed by atoms with Crippen molar-refractivity contribution in [1.29, 1.82) is 5.26 Å². The first-order valence-electron chi connectivity index (χ1n) is 3.91. The van der Waals surface area contributed by atoms with Gasteiger partial charge in [-0.2, -0.15) is 5.26 Å². The van der Waals surface area contributed by atoms with Gasteiger partial charge in [0.15, 0.2) is 0 Å². The molecule has 2 N–H and O–H groups in total. The van der Waals surface area contributed by atoms with E-state index >= 15 is 0 Å². The van der Waals surface area contributed by atoms with Gasteiger partial charge in [0.1, 0.15) is 11.6 Å². The van der Waals surface area contributed by atoms with Gasteiger partial charge in [-0.1, -0.05) is 33.6 Å². The fraction of sp³-hybridized carbons (Fsp3) is 0. The first kappa shape index (κ1) is 11.8. The van der Waals surface area contributed by atoms with Crippen LogP contribution in [-0.2, 0) is 4.79 Å². The standard InChI is InChI=1S/C10H6BrClN2O/c11-9-4-8(12)2-1-6(9)3-7(5-13)10(14)15/h1-4H,(H2,14,15)/b7-3+. The predicted molar refractivity (Wildman–Crippen MR) is 61.9 cm³/mol. The molecule has 0 radical (unpaired) electrons.